The molecule has 0 bridgehead atoms. The Labute approximate surface area is 99.5 Å². The molecule has 3 heteroatoms. The topological polar surface area (TPSA) is 24.5 Å². The molecule has 0 spiro atoms. The molecule has 2 fully saturated rings. The summed E-state index contributed by atoms with van der Waals surface area (Å²) in [6.07, 6.45) is 5.32. The lowest BCUT2D eigenvalue weighted by atomic mass is 10.00. The van der Waals surface area contributed by atoms with Crippen LogP contribution in [0, 0.1) is 0 Å². The summed E-state index contributed by atoms with van der Waals surface area (Å²) in [6, 6.07) is 2.04. The van der Waals surface area contributed by atoms with Gasteiger partial charge in [-0.1, -0.05) is 6.42 Å². The van der Waals surface area contributed by atoms with Crippen LogP contribution in [0.3, 0.4) is 0 Å². The minimum absolute atomic E-state index is 0.607. The van der Waals surface area contributed by atoms with Crippen LogP contribution in [0.5, 0.6) is 0 Å². The van der Waals surface area contributed by atoms with E-state index in [1.54, 1.807) is 0 Å². The van der Waals surface area contributed by atoms with E-state index in [0.29, 0.717) is 12.1 Å². The van der Waals surface area contributed by atoms with Gasteiger partial charge >= 0.3 is 0 Å². The molecule has 1 N–H and O–H groups in total. The summed E-state index contributed by atoms with van der Waals surface area (Å²) in [5, 5.41) is 3.67. The van der Waals surface area contributed by atoms with Gasteiger partial charge in [0.25, 0.3) is 0 Å². The maximum absolute atomic E-state index is 5.40. The lowest BCUT2D eigenvalue weighted by Crippen LogP contribution is -2.50. The number of nitrogens with one attached hydrogen (secondary N) is 1. The molecule has 2 atom stereocenters. The van der Waals surface area contributed by atoms with E-state index in [1.807, 2.05) is 0 Å². The first-order valence-corrected chi connectivity index (χ1v) is 6.84. The van der Waals surface area contributed by atoms with E-state index in [4.69, 9.17) is 4.74 Å². The number of rotatable bonds is 4. The molecule has 2 saturated heterocycles. The van der Waals surface area contributed by atoms with Crippen LogP contribution in [0.4, 0.5) is 0 Å². The highest BCUT2D eigenvalue weighted by Gasteiger charge is 2.25. The van der Waals surface area contributed by atoms with Crippen molar-refractivity contribution in [2.24, 2.45) is 0 Å². The van der Waals surface area contributed by atoms with Crippen molar-refractivity contribution in [2.75, 3.05) is 26.3 Å². The molecule has 2 rings (SSSR count). The van der Waals surface area contributed by atoms with Crippen LogP contribution in [-0.2, 0) is 4.74 Å². The highest BCUT2D eigenvalue weighted by molar-refractivity contribution is 4.83. The molecule has 0 radical (unpaired) electrons. The highest BCUT2D eigenvalue weighted by Crippen LogP contribution is 2.19. The normalized spacial score (nSPS) is 32.4. The third-order valence-corrected chi connectivity index (χ3v) is 3.91. The average Bonchev–Trinajstić information content (AvgIpc) is 2.79. The van der Waals surface area contributed by atoms with Crippen LogP contribution in [0.15, 0.2) is 0 Å². The molecule has 2 unspecified atom stereocenters. The zero-order chi connectivity index (χ0) is 11.4. The quantitative estimate of drug-likeness (QED) is 0.788. The van der Waals surface area contributed by atoms with Crippen LogP contribution in [-0.4, -0.2) is 49.3 Å². The predicted molar refractivity (Wildman–Crippen MR) is 66.7 cm³/mol. The minimum Gasteiger partial charge on any atom is -0.380 e. The monoisotopic (exact) mass is 226 g/mol. The van der Waals surface area contributed by atoms with Crippen molar-refractivity contribution in [3.63, 3.8) is 0 Å². The van der Waals surface area contributed by atoms with Crippen molar-refractivity contribution in [3.8, 4) is 0 Å². The molecule has 0 aromatic heterocycles. The van der Waals surface area contributed by atoms with E-state index in [9.17, 15) is 0 Å². The number of hydrogen-bond acceptors (Lipinski definition) is 3. The summed E-state index contributed by atoms with van der Waals surface area (Å²) in [4.78, 5) is 2.66. The first-order chi connectivity index (χ1) is 7.77. The summed E-state index contributed by atoms with van der Waals surface area (Å²) in [5.41, 5.74) is 0. The van der Waals surface area contributed by atoms with Gasteiger partial charge in [-0.15, -0.1) is 0 Å². The fourth-order valence-corrected chi connectivity index (χ4v) is 2.92. The Hall–Kier alpha value is -0.120. The van der Waals surface area contributed by atoms with Crippen molar-refractivity contribution >= 4 is 0 Å². The average molecular weight is 226 g/mol. The van der Waals surface area contributed by atoms with E-state index in [0.717, 1.165) is 25.8 Å². The Balaban J connectivity index is 1.76. The fourth-order valence-electron chi connectivity index (χ4n) is 2.92. The smallest absolute Gasteiger partial charge is 0.0620 e. The molecule has 0 amide bonds. The highest BCUT2D eigenvalue weighted by atomic mass is 16.5. The number of likely N-dealkylation sites (tertiary alicyclic amines) is 1. The van der Waals surface area contributed by atoms with Gasteiger partial charge in [-0.3, -0.25) is 4.90 Å². The van der Waals surface area contributed by atoms with Gasteiger partial charge in [0.2, 0.25) is 0 Å². The van der Waals surface area contributed by atoms with E-state index >= 15 is 0 Å². The SMILES string of the molecule is CC(C)N1CCCCC1CNC1CCOC1. The Morgan fingerprint density at radius 2 is 2.19 bits per heavy atom. The van der Waals surface area contributed by atoms with E-state index in [1.165, 1.54) is 32.2 Å². The fraction of sp³-hybridized carbons (Fsp3) is 1.00. The molecule has 0 aromatic carbocycles. The van der Waals surface area contributed by atoms with Crippen molar-refractivity contribution in [1.29, 1.82) is 0 Å². The van der Waals surface area contributed by atoms with Gasteiger partial charge < -0.3 is 10.1 Å². The molecule has 16 heavy (non-hydrogen) atoms. The third-order valence-electron chi connectivity index (χ3n) is 3.91. The van der Waals surface area contributed by atoms with Crippen molar-refractivity contribution in [2.45, 2.75) is 57.7 Å². The second kappa shape index (κ2) is 5.99. The lowest BCUT2D eigenvalue weighted by Gasteiger charge is -2.39. The molecule has 2 aliphatic rings. The summed E-state index contributed by atoms with van der Waals surface area (Å²) in [6.45, 7) is 8.91. The Bertz CT molecular complexity index is 202. The molecule has 0 aromatic rings. The van der Waals surface area contributed by atoms with Crippen LogP contribution in [0.25, 0.3) is 0 Å². The van der Waals surface area contributed by atoms with Crippen molar-refractivity contribution in [1.82, 2.24) is 10.2 Å². The maximum Gasteiger partial charge on any atom is 0.0620 e. The van der Waals surface area contributed by atoms with Gasteiger partial charge in [0.15, 0.2) is 0 Å². The van der Waals surface area contributed by atoms with Crippen LogP contribution >= 0.6 is 0 Å². The first-order valence-electron chi connectivity index (χ1n) is 6.84. The summed E-state index contributed by atoms with van der Waals surface area (Å²) >= 11 is 0. The Kier molecular flexibility index (Phi) is 4.62. The molecular formula is C13H26N2O. The standard InChI is InChI=1S/C13H26N2O/c1-11(2)15-7-4-3-5-13(15)9-14-12-6-8-16-10-12/h11-14H,3-10H2,1-2H3. The van der Waals surface area contributed by atoms with E-state index in [-0.39, 0.29) is 0 Å². The van der Waals surface area contributed by atoms with E-state index in [2.05, 4.69) is 24.1 Å². The second-order valence-electron chi connectivity index (χ2n) is 5.45. The number of hydrogen-bond donors (Lipinski definition) is 1. The number of piperidine rings is 1. The van der Waals surface area contributed by atoms with E-state index < -0.39 is 0 Å². The molecular weight excluding hydrogens is 200 g/mol. The van der Waals surface area contributed by atoms with Gasteiger partial charge in [-0.05, 0) is 39.7 Å². The van der Waals surface area contributed by atoms with Crippen molar-refractivity contribution in [3.05, 3.63) is 0 Å². The largest absolute Gasteiger partial charge is 0.380 e. The van der Waals surface area contributed by atoms with Gasteiger partial charge in [-0.25, -0.2) is 0 Å². The molecule has 0 saturated carbocycles. The van der Waals surface area contributed by atoms with Crippen LogP contribution in [0.1, 0.15) is 39.5 Å². The van der Waals surface area contributed by atoms with Gasteiger partial charge in [0.1, 0.15) is 0 Å². The molecule has 0 aliphatic carbocycles. The number of nitrogens with zero attached hydrogens (tertiary/aromatic N) is 1. The second-order valence-corrected chi connectivity index (χ2v) is 5.45. The van der Waals surface area contributed by atoms with Gasteiger partial charge in [-0.2, -0.15) is 0 Å². The molecule has 2 aliphatic heterocycles. The van der Waals surface area contributed by atoms with Crippen LogP contribution in [0.2, 0.25) is 0 Å². The summed E-state index contributed by atoms with van der Waals surface area (Å²) in [7, 11) is 0. The Morgan fingerprint density at radius 3 is 2.88 bits per heavy atom. The first kappa shape index (κ1) is 12.3. The minimum atomic E-state index is 0.607. The van der Waals surface area contributed by atoms with Crippen molar-refractivity contribution < 1.29 is 4.74 Å². The predicted octanol–water partition coefficient (Wildman–Crippen LogP) is 1.63. The maximum atomic E-state index is 5.40. The molecule has 3 nitrogen and oxygen atoms in total. The zero-order valence-electron chi connectivity index (χ0n) is 10.7. The third kappa shape index (κ3) is 3.19. The molecule has 2 heterocycles. The number of ether oxygens (including phenoxy) is 1. The Morgan fingerprint density at radius 1 is 1.31 bits per heavy atom. The summed E-state index contributed by atoms with van der Waals surface area (Å²) in [5.74, 6) is 0. The zero-order valence-corrected chi connectivity index (χ0v) is 10.7. The summed E-state index contributed by atoms with van der Waals surface area (Å²) < 4.78 is 5.40. The van der Waals surface area contributed by atoms with Gasteiger partial charge in [0.05, 0.1) is 6.61 Å². The van der Waals surface area contributed by atoms with Gasteiger partial charge in [0, 0.05) is 31.3 Å². The molecule has 94 valence electrons. The van der Waals surface area contributed by atoms with Crippen LogP contribution < -0.4 is 5.32 Å². The lowest BCUT2D eigenvalue weighted by molar-refractivity contribution is 0.107.